The fourth-order valence-corrected chi connectivity index (χ4v) is 0. The molecule has 0 radical (unpaired) electrons. The zero-order valence-electron chi connectivity index (χ0n) is 3.62. The molecule has 0 saturated carbocycles. The third kappa shape index (κ3) is 4.56. The Balaban J connectivity index is 2.85. The van der Waals surface area contributed by atoms with Gasteiger partial charge in [0.25, 0.3) is 0 Å². The predicted molar refractivity (Wildman–Crippen MR) is 21.0 cm³/mol. The van der Waals surface area contributed by atoms with Crippen LogP contribution >= 0.6 is 0 Å². The van der Waals surface area contributed by atoms with E-state index in [9.17, 15) is 0 Å². The first-order valence-corrected chi connectivity index (χ1v) is 3.23. The molecule has 0 aromatic rings. The minimum atomic E-state index is 1.26. The van der Waals surface area contributed by atoms with Gasteiger partial charge < -0.3 is 0 Å². The van der Waals surface area contributed by atoms with Crippen LogP contribution < -0.4 is 0 Å². The van der Waals surface area contributed by atoms with Gasteiger partial charge in [-0.1, -0.05) is 0 Å². The van der Waals surface area contributed by atoms with Gasteiger partial charge in [0, 0.05) is 0 Å². The first-order chi connectivity index (χ1) is 2.27. The molecule has 0 aliphatic rings. The van der Waals surface area contributed by atoms with Crippen molar-refractivity contribution in [3.63, 3.8) is 0 Å². The fraction of sp³-hybridized carbons (Fsp3) is 0.750. The van der Waals surface area contributed by atoms with E-state index in [0.717, 1.165) is 0 Å². The van der Waals surface area contributed by atoms with E-state index in [0.29, 0.717) is 0 Å². The van der Waals surface area contributed by atoms with Gasteiger partial charge in [0.2, 0.25) is 0 Å². The maximum absolute atomic E-state index is 2.18. The molecule has 0 rings (SSSR count). The Morgan fingerprint density at radius 1 is 1.80 bits per heavy atom. The van der Waals surface area contributed by atoms with Crippen molar-refractivity contribution < 1.29 is 19.4 Å². The van der Waals surface area contributed by atoms with E-state index >= 15 is 0 Å². The van der Waals surface area contributed by atoms with E-state index in [2.05, 4.69) is 13.8 Å². The van der Waals surface area contributed by atoms with Crippen LogP contribution in [0.4, 0.5) is 0 Å². The van der Waals surface area contributed by atoms with Crippen molar-refractivity contribution in [2.45, 2.75) is 20.3 Å². The average molecular weight is 240 g/mol. The molecule has 0 unspecified atom stereocenters. The van der Waals surface area contributed by atoms with Crippen LogP contribution in [0.25, 0.3) is 0 Å². The topological polar surface area (TPSA) is 0 Å². The van der Waals surface area contributed by atoms with Crippen LogP contribution in [0.15, 0.2) is 0 Å². The molecular weight excluding hydrogens is 232 g/mol. The van der Waals surface area contributed by atoms with Crippen LogP contribution in [0.1, 0.15) is 20.3 Å². The summed E-state index contributed by atoms with van der Waals surface area (Å²) in [4.78, 5) is 0. The molecule has 0 heterocycles. The molecule has 0 aliphatic heterocycles. The van der Waals surface area contributed by atoms with E-state index in [1.165, 1.54) is 6.42 Å². The summed E-state index contributed by atoms with van der Waals surface area (Å²) in [5, 5.41) is 0. The van der Waals surface area contributed by atoms with Gasteiger partial charge in [0.1, 0.15) is 0 Å². The molecule has 0 fully saturated rings. The molecule has 0 aromatic carbocycles. The first kappa shape index (κ1) is 5.56. The van der Waals surface area contributed by atoms with Crippen LogP contribution in [0.2, 0.25) is 0 Å². The molecule has 0 atom stereocenters. The van der Waals surface area contributed by atoms with E-state index in [1.54, 1.807) is 23.3 Å². The molecule has 0 N–H and O–H groups in total. The third-order valence-corrected chi connectivity index (χ3v) is 1.54. The van der Waals surface area contributed by atoms with Gasteiger partial charge in [-0.2, -0.15) is 0 Å². The molecule has 0 aliphatic carbocycles. The van der Waals surface area contributed by atoms with Gasteiger partial charge in [-0.25, -0.2) is 0 Å². The molecule has 0 aromatic heterocycles. The zero-order chi connectivity index (χ0) is 4.28. The Morgan fingerprint density at radius 2 is 2.00 bits per heavy atom. The number of hydrogen-bond acceptors (Lipinski definition) is 0. The maximum atomic E-state index is 2.18. The van der Waals surface area contributed by atoms with E-state index in [1.807, 2.05) is 0 Å². The summed E-state index contributed by atoms with van der Waals surface area (Å²) in [6.45, 7) is 4.36. The quantitative estimate of drug-likeness (QED) is 0.644. The molecule has 1 heteroatoms. The summed E-state index contributed by atoms with van der Waals surface area (Å²) in [6, 6.07) is 0. The van der Waals surface area contributed by atoms with Crippen molar-refractivity contribution in [2.75, 3.05) is 0 Å². The average Bonchev–Trinajstić information content (AvgIpc) is 1.38. The van der Waals surface area contributed by atoms with E-state index < -0.39 is 0 Å². The fourth-order valence-electron chi connectivity index (χ4n) is 0. The molecule has 5 heavy (non-hydrogen) atoms. The van der Waals surface area contributed by atoms with Crippen LogP contribution in [-0.2, 0) is 19.4 Å². The van der Waals surface area contributed by atoms with Gasteiger partial charge >= 0.3 is 43.5 Å². The molecule has 0 bridgehead atoms. The molecule has 0 spiro atoms. The molecule has 0 amide bonds. The minimum absolute atomic E-state index is 1.26. The Hall–Kier alpha value is 0.558. The molecular formula is C4H8W. The third-order valence-electron chi connectivity index (χ3n) is 0.498. The SMILES string of the molecule is CC[C](C)=[W]. The van der Waals surface area contributed by atoms with E-state index in [-0.39, 0.29) is 0 Å². The standard InChI is InChI=1S/C4H8.W/c1-3-4-2;/h3H2,1-2H3;. The van der Waals surface area contributed by atoms with Gasteiger partial charge in [-0.05, 0) is 0 Å². The van der Waals surface area contributed by atoms with Crippen molar-refractivity contribution in [3.05, 3.63) is 0 Å². The van der Waals surface area contributed by atoms with Gasteiger partial charge in [-0.15, -0.1) is 0 Å². The monoisotopic (exact) mass is 240 g/mol. The Kier molecular flexibility index (Phi) is 3.09. The Bertz CT molecular complexity index is 38.9. The normalized spacial score (nSPS) is 7.60. The second kappa shape index (κ2) is 2.78. The van der Waals surface area contributed by atoms with Crippen molar-refractivity contribution >= 4 is 3.90 Å². The van der Waals surface area contributed by atoms with Crippen LogP contribution in [0.5, 0.6) is 0 Å². The van der Waals surface area contributed by atoms with Crippen LogP contribution in [0.3, 0.4) is 0 Å². The summed E-state index contributed by atoms with van der Waals surface area (Å²) < 4.78 is 1.59. The summed E-state index contributed by atoms with van der Waals surface area (Å²) in [5.74, 6) is 0. The van der Waals surface area contributed by atoms with Crippen molar-refractivity contribution in [2.24, 2.45) is 0 Å². The second-order valence-electron chi connectivity index (χ2n) is 1.06. The van der Waals surface area contributed by atoms with Gasteiger partial charge in [0.05, 0.1) is 0 Å². The summed E-state index contributed by atoms with van der Waals surface area (Å²) in [6.07, 6.45) is 1.26. The zero-order valence-corrected chi connectivity index (χ0v) is 6.55. The second-order valence-corrected chi connectivity index (χ2v) is 3.56. The molecule has 30 valence electrons. The summed E-state index contributed by atoms with van der Waals surface area (Å²) in [7, 11) is 0. The van der Waals surface area contributed by atoms with Gasteiger partial charge in [-0.3, -0.25) is 0 Å². The van der Waals surface area contributed by atoms with Crippen molar-refractivity contribution in [3.8, 4) is 0 Å². The number of rotatable bonds is 1. The summed E-state index contributed by atoms with van der Waals surface area (Å²) in [5.41, 5.74) is 0. The Morgan fingerprint density at radius 3 is 2.00 bits per heavy atom. The van der Waals surface area contributed by atoms with Gasteiger partial charge in [0.15, 0.2) is 0 Å². The predicted octanol–water partition coefficient (Wildman–Crippen LogP) is 1.14. The van der Waals surface area contributed by atoms with E-state index in [4.69, 9.17) is 0 Å². The van der Waals surface area contributed by atoms with Crippen molar-refractivity contribution in [1.29, 1.82) is 0 Å². The molecule has 0 nitrogen and oxygen atoms in total. The van der Waals surface area contributed by atoms with Crippen LogP contribution in [0, 0.1) is 0 Å². The first-order valence-electron chi connectivity index (χ1n) is 1.76. The Labute approximate surface area is 44.0 Å². The van der Waals surface area contributed by atoms with Crippen LogP contribution in [-0.4, -0.2) is 3.90 Å². The summed E-state index contributed by atoms with van der Waals surface area (Å²) >= 11 is 1.63. The molecule has 0 saturated heterocycles. The number of hydrogen-bond donors (Lipinski definition) is 0. The van der Waals surface area contributed by atoms with Crippen molar-refractivity contribution in [1.82, 2.24) is 0 Å².